The molecule has 0 bridgehead atoms. The zero-order valence-electron chi connectivity index (χ0n) is 12.1. The summed E-state index contributed by atoms with van der Waals surface area (Å²) in [4.78, 5) is 22.3. The molecule has 6 heteroatoms. The molecule has 1 rings (SSSR count). The molecule has 1 aromatic rings. The lowest BCUT2D eigenvalue weighted by atomic mass is 9.94. The Balaban J connectivity index is 2.56. The zero-order chi connectivity index (χ0) is 16.0. The molecule has 2 N–H and O–H groups in total. The molecule has 21 heavy (non-hydrogen) atoms. The Morgan fingerprint density at radius 3 is 2.33 bits per heavy atom. The molecule has 0 radical (unpaired) electrons. The first-order valence-electron chi connectivity index (χ1n) is 6.70. The summed E-state index contributed by atoms with van der Waals surface area (Å²) in [6.07, 6.45) is 1.44. The zero-order valence-corrected chi connectivity index (χ0v) is 13.6. The molecule has 0 atom stereocenters. The van der Waals surface area contributed by atoms with E-state index in [0.717, 1.165) is 5.56 Å². The molecular weight excluding hydrogens is 313 g/mol. The topological polar surface area (TPSA) is 66.4 Å². The maximum Gasteiger partial charge on any atom is 0.303 e. The largest absolute Gasteiger partial charge is 0.481 e. The summed E-state index contributed by atoms with van der Waals surface area (Å²) in [7, 11) is 0. The summed E-state index contributed by atoms with van der Waals surface area (Å²) in [6.45, 7) is 3.75. The van der Waals surface area contributed by atoms with Crippen LogP contribution in [0, 0.1) is 0 Å². The van der Waals surface area contributed by atoms with Crippen LogP contribution in [0.5, 0.6) is 0 Å². The van der Waals surface area contributed by atoms with Gasteiger partial charge in [-0.1, -0.05) is 29.3 Å². The fraction of sp³-hybridized carbons (Fsp3) is 0.467. The van der Waals surface area contributed by atoms with Crippen LogP contribution in [0.2, 0.25) is 10.0 Å². The first-order valence-corrected chi connectivity index (χ1v) is 7.46. The first-order chi connectivity index (χ1) is 9.72. The van der Waals surface area contributed by atoms with Gasteiger partial charge in [-0.15, -0.1) is 0 Å². The summed E-state index contributed by atoms with van der Waals surface area (Å²) < 4.78 is 0. The molecule has 0 heterocycles. The number of carboxylic acids is 1. The second-order valence-corrected chi connectivity index (χ2v) is 6.22. The van der Waals surface area contributed by atoms with Gasteiger partial charge in [0.2, 0.25) is 5.91 Å². The number of unbranched alkanes of at least 4 members (excludes halogenated alkanes) is 1. The van der Waals surface area contributed by atoms with Gasteiger partial charge in [-0.25, -0.2) is 0 Å². The van der Waals surface area contributed by atoms with E-state index in [1.807, 2.05) is 19.9 Å². The molecular formula is C15H19Cl2NO3. The normalized spacial score (nSPS) is 11.2. The highest BCUT2D eigenvalue weighted by atomic mass is 35.5. The van der Waals surface area contributed by atoms with Crippen LogP contribution in [0.3, 0.4) is 0 Å². The smallest absolute Gasteiger partial charge is 0.303 e. The van der Waals surface area contributed by atoms with E-state index in [9.17, 15) is 9.59 Å². The summed E-state index contributed by atoms with van der Waals surface area (Å²) in [6, 6.07) is 5.24. The van der Waals surface area contributed by atoms with Crippen LogP contribution in [0.25, 0.3) is 0 Å². The van der Waals surface area contributed by atoms with Gasteiger partial charge in [0, 0.05) is 12.8 Å². The van der Waals surface area contributed by atoms with Gasteiger partial charge < -0.3 is 10.4 Å². The number of hydrogen-bond donors (Lipinski definition) is 2. The Morgan fingerprint density at radius 1 is 1.14 bits per heavy atom. The van der Waals surface area contributed by atoms with Crippen LogP contribution in [0.4, 0.5) is 0 Å². The molecule has 0 aliphatic rings. The van der Waals surface area contributed by atoms with E-state index < -0.39 is 11.5 Å². The highest BCUT2D eigenvalue weighted by molar-refractivity contribution is 6.42. The maximum absolute atomic E-state index is 11.9. The van der Waals surface area contributed by atoms with Gasteiger partial charge in [0.25, 0.3) is 0 Å². The minimum Gasteiger partial charge on any atom is -0.481 e. The highest BCUT2D eigenvalue weighted by Crippen LogP contribution is 2.28. The third-order valence-corrected chi connectivity index (χ3v) is 3.88. The second-order valence-electron chi connectivity index (χ2n) is 5.40. The molecule has 4 nitrogen and oxygen atoms in total. The molecule has 0 spiro atoms. The molecule has 0 fully saturated rings. The van der Waals surface area contributed by atoms with Gasteiger partial charge in [-0.05, 0) is 44.4 Å². The van der Waals surface area contributed by atoms with Gasteiger partial charge >= 0.3 is 5.97 Å². The van der Waals surface area contributed by atoms with E-state index in [1.54, 1.807) is 12.1 Å². The predicted molar refractivity (Wildman–Crippen MR) is 83.7 cm³/mol. The molecule has 0 aliphatic carbocycles. The minimum atomic E-state index is -0.841. The first kappa shape index (κ1) is 17.8. The number of benzene rings is 1. The number of rotatable bonds is 7. The lowest BCUT2D eigenvalue weighted by Crippen LogP contribution is -2.40. The van der Waals surface area contributed by atoms with Gasteiger partial charge in [0.05, 0.1) is 15.6 Å². The van der Waals surface area contributed by atoms with Gasteiger partial charge in [-0.2, -0.15) is 0 Å². The summed E-state index contributed by atoms with van der Waals surface area (Å²) in [5.74, 6) is -0.956. The van der Waals surface area contributed by atoms with Crippen LogP contribution in [-0.2, 0) is 15.1 Å². The average Bonchev–Trinajstić information content (AvgIpc) is 2.37. The Bertz CT molecular complexity index is 530. The fourth-order valence-electron chi connectivity index (χ4n) is 1.93. The third kappa shape index (κ3) is 5.94. The predicted octanol–water partition coefficient (Wildman–Crippen LogP) is 3.99. The SMILES string of the molecule is CC(C)(NC(=O)CCCCC(=O)O)c1ccc(Cl)c(Cl)c1. The van der Waals surface area contributed by atoms with Crippen LogP contribution in [0.15, 0.2) is 18.2 Å². The van der Waals surface area contributed by atoms with E-state index in [-0.39, 0.29) is 12.3 Å². The fourth-order valence-corrected chi connectivity index (χ4v) is 2.23. The monoisotopic (exact) mass is 331 g/mol. The summed E-state index contributed by atoms with van der Waals surface area (Å²) >= 11 is 11.9. The van der Waals surface area contributed by atoms with Crippen LogP contribution in [0.1, 0.15) is 45.1 Å². The summed E-state index contributed by atoms with van der Waals surface area (Å²) in [5.41, 5.74) is 0.286. The lowest BCUT2D eigenvalue weighted by Gasteiger charge is -2.27. The van der Waals surface area contributed by atoms with Crippen LogP contribution in [-0.4, -0.2) is 17.0 Å². The Morgan fingerprint density at radius 2 is 1.76 bits per heavy atom. The minimum absolute atomic E-state index is 0.0868. The maximum atomic E-state index is 11.9. The second kappa shape index (κ2) is 7.66. The van der Waals surface area contributed by atoms with Gasteiger partial charge in [0.15, 0.2) is 0 Å². The summed E-state index contributed by atoms with van der Waals surface area (Å²) in [5, 5.41) is 12.4. The quantitative estimate of drug-likeness (QED) is 0.742. The standard InChI is InChI=1S/C15H19Cl2NO3/c1-15(2,10-7-8-11(16)12(17)9-10)18-13(19)5-3-4-6-14(20)21/h7-9H,3-6H2,1-2H3,(H,18,19)(H,20,21). The van der Waals surface area contributed by atoms with Crippen molar-refractivity contribution in [1.82, 2.24) is 5.32 Å². The van der Waals surface area contributed by atoms with Crippen molar-refractivity contribution in [2.75, 3.05) is 0 Å². The van der Waals surface area contributed by atoms with Crippen molar-refractivity contribution in [2.24, 2.45) is 0 Å². The van der Waals surface area contributed by atoms with Gasteiger partial charge in [-0.3, -0.25) is 9.59 Å². The molecule has 116 valence electrons. The molecule has 0 saturated carbocycles. The number of aliphatic carboxylic acids is 1. The van der Waals surface area contributed by atoms with Crippen LogP contribution >= 0.6 is 23.2 Å². The Kier molecular flexibility index (Phi) is 6.49. The molecule has 0 saturated heterocycles. The van der Waals surface area contributed by atoms with Gasteiger partial charge in [0.1, 0.15) is 0 Å². The molecule has 0 aromatic heterocycles. The molecule has 1 aromatic carbocycles. The van der Waals surface area contributed by atoms with Crippen molar-refractivity contribution >= 4 is 35.1 Å². The number of carbonyl (C=O) groups excluding carboxylic acids is 1. The van der Waals surface area contributed by atoms with E-state index in [4.69, 9.17) is 28.3 Å². The third-order valence-electron chi connectivity index (χ3n) is 3.14. The molecule has 0 unspecified atom stereocenters. The van der Waals surface area contributed by atoms with E-state index in [2.05, 4.69) is 5.32 Å². The van der Waals surface area contributed by atoms with Crippen molar-refractivity contribution in [3.63, 3.8) is 0 Å². The van der Waals surface area contributed by atoms with Crippen molar-refractivity contribution in [3.8, 4) is 0 Å². The van der Waals surface area contributed by atoms with E-state index >= 15 is 0 Å². The average molecular weight is 332 g/mol. The molecule has 1 amide bonds. The number of nitrogens with one attached hydrogen (secondary N) is 1. The number of hydrogen-bond acceptors (Lipinski definition) is 2. The van der Waals surface area contributed by atoms with E-state index in [1.165, 1.54) is 0 Å². The lowest BCUT2D eigenvalue weighted by molar-refractivity contribution is -0.137. The number of carboxylic acid groups (broad SMARTS) is 1. The molecule has 0 aliphatic heterocycles. The van der Waals surface area contributed by atoms with E-state index in [0.29, 0.717) is 29.3 Å². The van der Waals surface area contributed by atoms with Crippen molar-refractivity contribution in [2.45, 2.75) is 45.1 Å². The number of halogens is 2. The van der Waals surface area contributed by atoms with Crippen molar-refractivity contribution in [3.05, 3.63) is 33.8 Å². The van der Waals surface area contributed by atoms with Crippen LogP contribution < -0.4 is 5.32 Å². The number of carbonyl (C=O) groups is 2. The highest BCUT2D eigenvalue weighted by Gasteiger charge is 2.23. The number of amides is 1. The Hall–Kier alpha value is -1.26. The van der Waals surface area contributed by atoms with Crippen molar-refractivity contribution < 1.29 is 14.7 Å². The Labute approximate surface area is 134 Å². The van der Waals surface area contributed by atoms with Crippen molar-refractivity contribution in [1.29, 1.82) is 0 Å².